The van der Waals surface area contributed by atoms with Crippen LogP contribution in [0.5, 0.6) is 0 Å². The summed E-state index contributed by atoms with van der Waals surface area (Å²) in [5.74, 6) is 0. The Morgan fingerprint density at radius 3 is 2.40 bits per heavy atom. The molecule has 0 aromatic rings. The molecule has 0 unspecified atom stereocenters. The average molecular weight is 383 g/mol. The van der Waals surface area contributed by atoms with Crippen LogP contribution in [0.3, 0.4) is 0 Å². The SMILES string of the molecule is CCNC[C](=[W])CN(C)CCCN(C)C. The molecule has 0 fully saturated rings. The van der Waals surface area contributed by atoms with Crippen molar-refractivity contribution in [2.24, 2.45) is 0 Å². The van der Waals surface area contributed by atoms with Gasteiger partial charge in [-0.1, -0.05) is 0 Å². The van der Waals surface area contributed by atoms with Crippen LogP contribution in [-0.2, 0) is 19.4 Å². The van der Waals surface area contributed by atoms with Gasteiger partial charge in [-0.15, -0.1) is 0 Å². The molecule has 0 spiro atoms. The number of rotatable bonds is 9. The summed E-state index contributed by atoms with van der Waals surface area (Å²) in [6.45, 7) is 7.84. The van der Waals surface area contributed by atoms with Crippen LogP contribution in [0.1, 0.15) is 13.3 Å². The van der Waals surface area contributed by atoms with Gasteiger partial charge in [0, 0.05) is 0 Å². The normalized spacial score (nSPS) is 11.3. The van der Waals surface area contributed by atoms with E-state index in [-0.39, 0.29) is 0 Å². The third-order valence-corrected chi connectivity index (χ3v) is 3.15. The van der Waals surface area contributed by atoms with Gasteiger partial charge in [-0.25, -0.2) is 0 Å². The molecule has 90 valence electrons. The van der Waals surface area contributed by atoms with Crippen LogP contribution in [0.15, 0.2) is 0 Å². The Morgan fingerprint density at radius 2 is 1.87 bits per heavy atom. The molecular weight excluding hydrogens is 358 g/mol. The first-order valence-electron chi connectivity index (χ1n) is 5.62. The molecule has 4 heteroatoms. The zero-order valence-corrected chi connectivity index (χ0v) is 13.5. The molecule has 0 radical (unpaired) electrons. The molecule has 0 bridgehead atoms. The zero-order chi connectivity index (χ0) is 11.7. The van der Waals surface area contributed by atoms with E-state index in [1.165, 1.54) is 19.5 Å². The van der Waals surface area contributed by atoms with Gasteiger partial charge < -0.3 is 0 Å². The van der Waals surface area contributed by atoms with Crippen molar-refractivity contribution in [1.29, 1.82) is 0 Å². The van der Waals surface area contributed by atoms with E-state index in [1.807, 2.05) is 0 Å². The summed E-state index contributed by atoms with van der Waals surface area (Å²) in [4.78, 5) is 4.66. The van der Waals surface area contributed by atoms with Crippen molar-refractivity contribution in [3.63, 3.8) is 0 Å². The van der Waals surface area contributed by atoms with E-state index in [9.17, 15) is 0 Å². The van der Waals surface area contributed by atoms with Gasteiger partial charge in [0.05, 0.1) is 0 Å². The van der Waals surface area contributed by atoms with Gasteiger partial charge in [-0.3, -0.25) is 0 Å². The molecule has 0 saturated carbocycles. The molecule has 0 aliphatic rings. The van der Waals surface area contributed by atoms with Crippen LogP contribution < -0.4 is 5.32 Å². The van der Waals surface area contributed by atoms with Crippen molar-refractivity contribution >= 4 is 3.90 Å². The molecule has 0 amide bonds. The molecule has 0 aromatic carbocycles. The Balaban J connectivity index is 3.46. The molecule has 0 aliphatic carbocycles. The van der Waals surface area contributed by atoms with Gasteiger partial charge in [0.25, 0.3) is 0 Å². The van der Waals surface area contributed by atoms with Crippen LogP contribution >= 0.6 is 0 Å². The molecular formula is C11H25N3W. The number of nitrogens with one attached hydrogen (secondary N) is 1. The van der Waals surface area contributed by atoms with E-state index < -0.39 is 0 Å². The van der Waals surface area contributed by atoms with Gasteiger partial charge in [0.2, 0.25) is 0 Å². The van der Waals surface area contributed by atoms with Gasteiger partial charge in [-0.2, -0.15) is 0 Å². The van der Waals surface area contributed by atoms with E-state index >= 15 is 0 Å². The van der Waals surface area contributed by atoms with E-state index in [0.717, 1.165) is 19.6 Å². The van der Waals surface area contributed by atoms with Crippen molar-refractivity contribution in [2.75, 3.05) is 53.9 Å². The summed E-state index contributed by atoms with van der Waals surface area (Å²) < 4.78 is 1.60. The Bertz CT molecular complexity index is 171. The van der Waals surface area contributed by atoms with Crippen LogP contribution in [0.4, 0.5) is 0 Å². The summed E-state index contributed by atoms with van der Waals surface area (Å²) in [7, 11) is 6.48. The third-order valence-electron chi connectivity index (χ3n) is 2.16. The van der Waals surface area contributed by atoms with Crippen LogP contribution in [0.25, 0.3) is 0 Å². The fourth-order valence-corrected chi connectivity index (χ4v) is 2.52. The predicted octanol–water partition coefficient (Wildman–Crippen LogP) is 0.199. The maximum absolute atomic E-state index is 3.38. The standard InChI is InChI=1S/C11H25N3.W/c1-5-12-8-6-10-14(4)11-7-9-13(2)3;/h12H,5,7-11H2,1-4H3;. The summed E-state index contributed by atoms with van der Waals surface area (Å²) in [5.41, 5.74) is 0. The molecule has 1 N–H and O–H groups in total. The van der Waals surface area contributed by atoms with E-state index in [0.29, 0.717) is 0 Å². The quantitative estimate of drug-likeness (QED) is 0.614. The fraction of sp³-hybridized carbons (Fsp3) is 0.909. The van der Waals surface area contributed by atoms with Crippen LogP contribution in [-0.4, -0.2) is 67.6 Å². The Hall–Kier alpha value is 0.438. The first-order chi connectivity index (χ1) is 7.06. The number of nitrogens with zero attached hydrogens (tertiary/aromatic N) is 2. The molecule has 0 rings (SSSR count). The maximum atomic E-state index is 3.38. The Morgan fingerprint density at radius 1 is 1.20 bits per heavy atom. The molecule has 0 heterocycles. The van der Waals surface area contributed by atoms with Gasteiger partial charge in [-0.05, 0) is 0 Å². The van der Waals surface area contributed by atoms with E-state index in [4.69, 9.17) is 0 Å². The van der Waals surface area contributed by atoms with Crippen molar-refractivity contribution < 1.29 is 19.4 Å². The van der Waals surface area contributed by atoms with Crippen molar-refractivity contribution in [3.8, 4) is 0 Å². The predicted molar refractivity (Wildman–Crippen MR) is 64.2 cm³/mol. The molecule has 0 saturated heterocycles. The van der Waals surface area contributed by atoms with Gasteiger partial charge in [0.15, 0.2) is 0 Å². The summed E-state index contributed by atoms with van der Waals surface area (Å²) >= 11 is 1.62. The molecule has 15 heavy (non-hydrogen) atoms. The number of hydrogen-bond acceptors (Lipinski definition) is 3. The molecule has 0 aromatic heterocycles. The second-order valence-electron chi connectivity index (χ2n) is 4.21. The number of hydrogen-bond donors (Lipinski definition) is 1. The van der Waals surface area contributed by atoms with Gasteiger partial charge >= 0.3 is 106 Å². The van der Waals surface area contributed by atoms with Gasteiger partial charge in [0.1, 0.15) is 0 Å². The molecule has 0 aliphatic heterocycles. The van der Waals surface area contributed by atoms with Crippen molar-refractivity contribution in [2.45, 2.75) is 13.3 Å². The molecule has 0 atom stereocenters. The topological polar surface area (TPSA) is 18.5 Å². The van der Waals surface area contributed by atoms with Crippen LogP contribution in [0, 0.1) is 0 Å². The Kier molecular flexibility index (Phi) is 9.93. The summed E-state index contributed by atoms with van der Waals surface area (Å²) in [6.07, 6.45) is 1.26. The summed E-state index contributed by atoms with van der Waals surface area (Å²) in [5, 5.41) is 3.38. The minimum absolute atomic E-state index is 1.07. The van der Waals surface area contributed by atoms with E-state index in [2.05, 4.69) is 43.2 Å². The zero-order valence-electron chi connectivity index (χ0n) is 10.5. The van der Waals surface area contributed by atoms with Crippen molar-refractivity contribution in [1.82, 2.24) is 15.1 Å². The Labute approximate surface area is 106 Å². The minimum atomic E-state index is 1.07. The first-order valence-corrected chi connectivity index (χ1v) is 7.08. The second kappa shape index (κ2) is 9.65. The average Bonchev–Trinajstić information content (AvgIpc) is 2.14. The fourth-order valence-electron chi connectivity index (χ4n) is 1.36. The van der Waals surface area contributed by atoms with E-state index in [1.54, 1.807) is 23.3 Å². The van der Waals surface area contributed by atoms with Crippen LogP contribution in [0.2, 0.25) is 0 Å². The summed E-state index contributed by atoms with van der Waals surface area (Å²) in [6, 6.07) is 0. The monoisotopic (exact) mass is 383 g/mol. The van der Waals surface area contributed by atoms with Crippen molar-refractivity contribution in [3.05, 3.63) is 0 Å². The molecule has 3 nitrogen and oxygen atoms in total. The first kappa shape index (κ1) is 15.4. The third kappa shape index (κ3) is 10.7. The second-order valence-corrected chi connectivity index (χ2v) is 6.29.